The smallest absolute Gasteiger partial charge is 0.272 e. The molecule has 0 saturated carbocycles. The highest BCUT2D eigenvalue weighted by Gasteiger charge is 2.30. The van der Waals surface area contributed by atoms with Crippen LogP contribution in [-0.4, -0.2) is 33.5 Å². The summed E-state index contributed by atoms with van der Waals surface area (Å²) in [6, 6.07) is 16.3. The van der Waals surface area contributed by atoms with Crippen LogP contribution in [0.1, 0.15) is 62.9 Å². The van der Waals surface area contributed by atoms with Gasteiger partial charge in [0, 0.05) is 30.8 Å². The molecule has 0 saturated heterocycles. The van der Waals surface area contributed by atoms with E-state index in [1.807, 2.05) is 42.2 Å². The van der Waals surface area contributed by atoms with Gasteiger partial charge in [0.2, 0.25) is 5.91 Å². The number of fused-ring (bicyclic) bond motifs is 2. The number of amides is 2. The average Bonchev–Trinajstić information content (AvgIpc) is 3.24. The highest BCUT2D eigenvalue weighted by atomic mass is 16.2. The molecule has 1 aliphatic heterocycles. The van der Waals surface area contributed by atoms with Crippen molar-refractivity contribution in [2.45, 2.75) is 51.6 Å². The van der Waals surface area contributed by atoms with Gasteiger partial charge >= 0.3 is 0 Å². The molecule has 0 spiro atoms. The van der Waals surface area contributed by atoms with E-state index in [9.17, 15) is 9.59 Å². The van der Waals surface area contributed by atoms with E-state index in [2.05, 4.69) is 33.7 Å². The quantitative estimate of drug-likeness (QED) is 0.666. The van der Waals surface area contributed by atoms with Crippen LogP contribution in [0, 0.1) is 6.92 Å². The molecule has 2 heterocycles. The van der Waals surface area contributed by atoms with Crippen molar-refractivity contribution in [1.29, 1.82) is 0 Å². The van der Waals surface area contributed by atoms with E-state index in [0.717, 1.165) is 41.6 Å². The van der Waals surface area contributed by atoms with Gasteiger partial charge < -0.3 is 10.2 Å². The Kier molecular flexibility index (Phi) is 5.52. The first kappa shape index (κ1) is 20.5. The third kappa shape index (κ3) is 3.93. The van der Waals surface area contributed by atoms with Crippen molar-refractivity contribution in [2.75, 3.05) is 6.54 Å². The molecule has 2 N–H and O–H groups in total. The number of aromatic amines is 1. The van der Waals surface area contributed by atoms with Crippen LogP contribution < -0.4 is 5.32 Å². The molecule has 2 aliphatic rings. The largest absolute Gasteiger partial charge is 0.344 e. The van der Waals surface area contributed by atoms with Gasteiger partial charge in [-0.15, -0.1) is 0 Å². The van der Waals surface area contributed by atoms with Gasteiger partial charge in [0.15, 0.2) is 5.69 Å². The summed E-state index contributed by atoms with van der Waals surface area (Å²) in [4.78, 5) is 28.0. The first-order chi connectivity index (χ1) is 15.6. The van der Waals surface area contributed by atoms with Crippen molar-refractivity contribution in [2.24, 2.45) is 0 Å². The van der Waals surface area contributed by atoms with Crippen molar-refractivity contribution in [1.82, 2.24) is 20.4 Å². The maximum absolute atomic E-state index is 13.2. The lowest BCUT2D eigenvalue weighted by Crippen LogP contribution is -2.38. The van der Waals surface area contributed by atoms with E-state index < -0.39 is 0 Å². The number of rotatable bonds is 4. The van der Waals surface area contributed by atoms with Crippen molar-refractivity contribution < 1.29 is 9.59 Å². The van der Waals surface area contributed by atoms with Gasteiger partial charge in [-0.2, -0.15) is 5.10 Å². The second-order valence-electron chi connectivity index (χ2n) is 8.81. The molecule has 1 aromatic heterocycles. The van der Waals surface area contributed by atoms with Gasteiger partial charge in [-0.25, -0.2) is 0 Å². The first-order valence-electron chi connectivity index (χ1n) is 11.4. The maximum Gasteiger partial charge on any atom is 0.272 e. The average molecular weight is 429 g/mol. The Morgan fingerprint density at radius 2 is 1.94 bits per heavy atom. The lowest BCUT2D eigenvalue weighted by atomic mass is 9.87. The zero-order chi connectivity index (χ0) is 22.1. The van der Waals surface area contributed by atoms with Crippen LogP contribution in [0.25, 0.3) is 0 Å². The normalized spacial score (nSPS) is 17.4. The zero-order valence-corrected chi connectivity index (χ0v) is 18.4. The van der Waals surface area contributed by atoms with Crippen molar-refractivity contribution in [3.05, 3.63) is 87.7 Å². The van der Waals surface area contributed by atoms with E-state index in [1.165, 1.54) is 11.1 Å². The minimum absolute atomic E-state index is 0.00202. The minimum atomic E-state index is -0.169. The molecule has 2 aromatic carbocycles. The van der Waals surface area contributed by atoms with Crippen molar-refractivity contribution >= 4 is 11.8 Å². The molecule has 5 rings (SSSR count). The number of nitrogens with zero attached hydrogens (tertiary/aromatic N) is 2. The van der Waals surface area contributed by atoms with Gasteiger partial charge in [0.1, 0.15) is 0 Å². The van der Waals surface area contributed by atoms with Crippen LogP contribution in [-0.2, 0) is 30.6 Å². The zero-order valence-electron chi connectivity index (χ0n) is 18.4. The summed E-state index contributed by atoms with van der Waals surface area (Å²) < 4.78 is 0. The number of hydrogen-bond donors (Lipinski definition) is 2. The second kappa shape index (κ2) is 8.61. The molecule has 1 aliphatic carbocycles. The molecule has 6 heteroatoms. The fourth-order valence-corrected chi connectivity index (χ4v) is 4.91. The van der Waals surface area contributed by atoms with Crippen molar-refractivity contribution in [3.63, 3.8) is 0 Å². The number of nitrogens with one attached hydrogen (secondary N) is 2. The number of carbonyl (C=O) groups excluding carboxylic acids is 2. The lowest BCUT2D eigenvalue weighted by molar-refractivity contribution is -0.131. The molecule has 0 bridgehead atoms. The summed E-state index contributed by atoms with van der Waals surface area (Å²) >= 11 is 0. The first-order valence-corrected chi connectivity index (χ1v) is 11.4. The number of carbonyl (C=O) groups is 2. The minimum Gasteiger partial charge on any atom is -0.344 e. The van der Waals surface area contributed by atoms with E-state index in [1.54, 1.807) is 0 Å². The van der Waals surface area contributed by atoms with Gasteiger partial charge in [-0.1, -0.05) is 48.5 Å². The molecule has 0 fully saturated rings. The van der Waals surface area contributed by atoms with Crippen LogP contribution in [0.5, 0.6) is 0 Å². The highest BCUT2D eigenvalue weighted by molar-refractivity contribution is 5.94. The Balaban J connectivity index is 1.31. The third-order valence-corrected chi connectivity index (χ3v) is 6.78. The molecule has 2 amide bonds. The predicted molar refractivity (Wildman–Crippen MR) is 122 cm³/mol. The summed E-state index contributed by atoms with van der Waals surface area (Å²) in [7, 11) is 0. The third-order valence-electron chi connectivity index (χ3n) is 6.78. The van der Waals surface area contributed by atoms with E-state index in [-0.39, 0.29) is 17.9 Å². The van der Waals surface area contributed by atoms with Gasteiger partial charge in [-0.3, -0.25) is 14.7 Å². The predicted octanol–water partition coefficient (Wildman–Crippen LogP) is 3.65. The van der Waals surface area contributed by atoms with Crippen LogP contribution >= 0.6 is 0 Å². The van der Waals surface area contributed by atoms with Gasteiger partial charge in [0.25, 0.3) is 5.91 Å². The summed E-state index contributed by atoms with van der Waals surface area (Å²) in [6.07, 6.45) is 4.10. The number of benzene rings is 2. The molecule has 0 radical (unpaired) electrons. The number of aryl methyl sites for hydroxylation is 2. The van der Waals surface area contributed by atoms with E-state index in [4.69, 9.17) is 0 Å². The van der Waals surface area contributed by atoms with Gasteiger partial charge in [-0.05, 0) is 48.4 Å². The molecule has 0 unspecified atom stereocenters. The molecule has 3 aromatic rings. The second-order valence-corrected chi connectivity index (χ2v) is 8.81. The summed E-state index contributed by atoms with van der Waals surface area (Å²) in [5.74, 6) is -0.0869. The number of aromatic nitrogens is 2. The van der Waals surface area contributed by atoms with Crippen molar-refractivity contribution in [3.8, 4) is 0 Å². The monoisotopic (exact) mass is 428 g/mol. The molecule has 1 atom stereocenters. The standard InChI is InChI=1S/C26H28N4O2/c1-17-7-2-3-9-19(17)15-24(31)30-14-13-23-21(16-30)25(29-28-23)26(32)27-22-12-6-10-18-8-4-5-11-20(18)22/h2-5,7-9,11,22H,6,10,12-16H2,1H3,(H,27,32)(H,28,29)/t22-/m1/s1. The molecule has 6 nitrogen and oxygen atoms in total. The lowest BCUT2D eigenvalue weighted by Gasteiger charge is -2.28. The fraction of sp³-hybridized carbons (Fsp3) is 0.346. The van der Waals surface area contributed by atoms with Crippen LogP contribution in [0.15, 0.2) is 48.5 Å². The maximum atomic E-state index is 13.2. The molecular formula is C26H28N4O2. The van der Waals surface area contributed by atoms with Crippen LogP contribution in [0.2, 0.25) is 0 Å². The van der Waals surface area contributed by atoms with Crippen LogP contribution in [0.4, 0.5) is 0 Å². The SMILES string of the molecule is Cc1ccccc1CC(=O)N1CCc2[nH]nc(C(=O)N[C@@H]3CCCc4ccccc43)c2C1. The topological polar surface area (TPSA) is 78.1 Å². The van der Waals surface area contributed by atoms with E-state index >= 15 is 0 Å². The Bertz CT molecular complexity index is 1170. The number of H-pyrrole nitrogens is 1. The van der Waals surface area contributed by atoms with Gasteiger partial charge in [0.05, 0.1) is 12.5 Å². The van der Waals surface area contributed by atoms with E-state index in [0.29, 0.717) is 31.6 Å². The number of hydrogen-bond acceptors (Lipinski definition) is 3. The summed E-state index contributed by atoms with van der Waals surface area (Å²) in [5, 5.41) is 10.6. The Morgan fingerprint density at radius 3 is 2.81 bits per heavy atom. The molecular weight excluding hydrogens is 400 g/mol. The Labute approximate surface area is 188 Å². The summed E-state index contributed by atoms with van der Waals surface area (Å²) in [5.41, 5.74) is 6.89. The summed E-state index contributed by atoms with van der Waals surface area (Å²) in [6.45, 7) is 3.08. The Morgan fingerprint density at radius 1 is 1.12 bits per heavy atom. The highest BCUT2D eigenvalue weighted by Crippen LogP contribution is 2.30. The Hall–Kier alpha value is -3.41. The molecule has 164 valence electrons. The van der Waals surface area contributed by atoms with Crippen LogP contribution in [0.3, 0.4) is 0 Å². The fourth-order valence-electron chi connectivity index (χ4n) is 4.91. The molecule has 32 heavy (non-hydrogen) atoms.